The SMILES string of the molecule is O=S(=O)(c1cccc(Cl)c1)N(CCO)c1ccc(F)cc1F. The van der Waals surface area contributed by atoms with Crippen molar-refractivity contribution in [3.05, 3.63) is 59.1 Å². The predicted molar refractivity (Wildman–Crippen MR) is 79.4 cm³/mol. The molecule has 0 atom stereocenters. The third-order valence-corrected chi connectivity index (χ3v) is 4.91. The Morgan fingerprint density at radius 3 is 2.45 bits per heavy atom. The van der Waals surface area contributed by atoms with Crippen LogP contribution in [0.3, 0.4) is 0 Å². The van der Waals surface area contributed by atoms with Crippen LogP contribution in [0.25, 0.3) is 0 Å². The average molecular weight is 348 g/mol. The number of aliphatic hydroxyl groups excluding tert-OH is 1. The number of halogens is 3. The van der Waals surface area contributed by atoms with Gasteiger partial charge in [-0.3, -0.25) is 4.31 Å². The molecule has 2 aromatic rings. The summed E-state index contributed by atoms with van der Waals surface area (Å²) in [6.07, 6.45) is 0. The highest BCUT2D eigenvalue weighted by Gasteiger charge is 2.27. The van der Waals surface area contributed by atoms with Crippen LogP contribution in [-0.4, -0.2) is 26.7 Å². The van der Waals surface area contributed by atoms with Crippen LogP contribution in [0.4, 0.5) is 14.5 Å². The van der Waals surface area contributed by atoms with E-state index in [9.17, 15) is 17.2 Å². The molecule has 4 nitrogen and oxygen atoms in total. The van der Waals surface area contributed by atoms with E-state index in [1.807, 2.05) is 0 Å². The molecule has 0 radical (unpaired) electrons. The second kappa shape index (κ2) is 6.60. The minimum absolute atomic E-state index is 0.155. The zero-order chi connectivity index (χ0) is 16.3. The highest BCUT2D eigenvalue weighted by molar-refractivity contribution is 7.92. The van der Waals surface area contributed by atoms with Crippen molar-refractivity contribution in [2.75, 3.05) is 17.5 Å². The molecule has 0 heterocycles. The topological polar surface area (TPSA) is 57.6 Å². The van der Waals surface area contributed by atoms with Crippen molar-refractivity contribution in [2.24, 2.45) is 0 Å². The number of sulfonamides is 1. The molecular formula is C14H12ClF2NO3S. The first-order valence-electron chi connectivity index (χ1n) is 6.20. The van der Waals surface area contributed by atoms with Crippen molar-refractivity contribution >= 4 is 27.3 Å². The van der Waals surface area contributed by atoms with Gasteiger partial charge in [0.2, 0.25) is 0 Å². The lowest BCUT2D eigenvalue weighted by Crippen LogP contribution is -2.34. The van der Waals surface area contributed by atoms with Crippen LogP contribution in [0.5, 0.6) is 0 Å². The molecule has 2 rings (SSSR count). The first-order valence-corrected chi connectivity index (χ1v) is 8.02. The summed E-state index contributed by atoms with van der Waals surface area (Å²) < 4.78 is 52.8. The van der Waals surface area contributed by atoms with Crippen LogP contribution in [0.1, 0.15) is 0 Å². The number of hydrogen-bond acceptors (Lipinski definition) is 3. The number of nitrogens with zero attached hydrogens (tertiary/aromatic N) is 1. The molecule has 8 heteroatoms. The number of benzene rings is 2. The number of anilines is 1. The maximum atomic E-state index is 13.9. The van der Waals surface area contributed by atoms with Crippen LogP contribution in [0.2, 0.25) is 5.02 Å². The molecule has 0 fully saturated rings. The molecule has 0 saturated carbocycles. The minimum atomic E-state index is -4.15. The molecule has 1 N–H and O–H groups in total. The Morgan fingerprint density at radius 1 is 1.14 bits per heavy atom. The third kappa shape index (κ3) is 3.37. The Bertz CT molecular complexity index is 783. The monoisotopic (exact) mass is 347 g/mol. The third-order valence-electron chi connectivity index (χ3n) is 2.87. The van der Waals surface area contributed by atoms with Crippen LogP contribution in [0.15, 0.2) is 47.4 Å². The molecule has 0 aliphatic carbocycles. The Hall–Kier alpha value is -1.70. The van der Waals surface area contributed by atoms with Gasteiger partial charge in [0.15, 0.2) is 0 Å². The van der Waals surface area contributed by atoms with Crippen molar-refractivity contribution < 1.29 is 22.3 Å². The van der Waals surface area contributed by atoms with Gasteiger partial charge in [-0.05, 0) is 30.3 Å². The van der Waals surface area contributed by atoms with Gasteiger partial charge in [-0.25, -0.2) is 17.2 Å². The van der Waals surface area contributed by atoms with E-state index in [1.54, 1.807) is 0 Å². The molecule has 0 aliphatic heterocycles. The lowest BCUT2D eigenvalue weighted by Gasteiger charge is -2.24. The number of hydrogen-bond donors (Lipinski definition) is 1. The van der Waals surface area contributed by atoms with Crippen molar-refractivity contribution in [1.82, 2.24) is 0 Å². The number of rotatable bonds is 5. The van der Waals surface area contributed by atoms with E-state index in [4.69, 9.17) is 16.7 Å². The molecule has 2 aromatic carbocycles. The quantitative estimate of drug-likeness (QED) is 0.904. The van der Waals surface area contributed by atoms with E-state index in [0.717, 1.165) is 12.1 Å². The van der Waals surface area contributed by atoms with E-state index in [2.05, 4.69) is 0 Å². The Morgan fingerprint density at radius 2 is 1.86 bits per heavy atom. The average Bonchev–Trinajstić information content (AvgIpc) is 2.45. The van der Waals surface area contributed by atoms with Crippen LogP contribution in [-0.2, 0) is 10.0 Å². The van der Waals surface area contributed by atoms with Gasteiger partial charge in [0, 0.05) is 11.1 Å². The summed E-state index contributed by atoms with van der Waals surface area (Å²) >= 11 is 5.77. The summed E-state index contributed by atoms with van der Waals surface area (Å²) in [5.74, 6) is -1.87. The van der Waals surface area contributed by atoms with Gasteiger partial charge in [-0.15, -0.1) is 0 Å². The smallest absolute Gasteiger partial charge is 0.264 e. The van der Waals surface area contributed by atoms with Crippen molar-refractivity contribution in [1.29, 1.82) is 0 Å². The van der Waals surface area contributed by atoms with Gasteiger partial charge in [-0.1, -0.05) is 17.7 Å². The van der Waals surface area contributed by atoms with Crippen LogP contribution >= 0.6 is 11.6 Å². The molecule has 0 saturated heterocycles. The maximum absolute atomic E-state index is 13.9. The lowest BCUT2D eigenvalue weighted by atomic mass is 10.3. The van der Waals surface area contributed by atoms with E-state index in [0.29, 0.717) is 10.4 Å². The summed E-state index contributed by atoms with van der Waals surface area (Å²) in [6, 6.07) is 7.96. The van der Waals surface area contributed by atoms with Crippen LogP contribution in [0, 0.1) is 11.6 Å². The van der Waals surface area contributed by atoms with Crippen molar-refractivity contribution in [3.63, 3.8) is 0 Å². The summed E-state index contributed by atoms with van der Waals surface area (Å²) in [4.78, 5) is -0.155. The van der Waals surface area contributed by atoms with E-state index in [-0.39, 0.29) is 22.2 Å². The highest BCUT2D eigenvalue weighted by atomic mass is 35.5. The standard InChI is InChI=1S/C14H12ClF2NO3S/c15-10-2-1-3-12(8-10)22(20,21)18(6-7-19)14-5-4-11(16)9-13(14)17/h1-5,8-9,19H,6-7H2. The zero-order valence-corrected chi connectivity index (χ0v) is 12.8. The molecular weight excluding hydrogens is 336 g/mol. The number of aliphatic hydroxyl groups is 1. The van der Waals surface area contributed by atoms with Crippen molar-refractivity contribution in [3.8, 4) is 0 Å². The Kier molecular flexibility index (Phi) is 5.00. The van der Waals surface area contributed by atoms with E-state index >= 15 is 0 Å². The molecule has 22 heavy (non-hydrogen) atoms. The normalized spacial score (nSPS) is 11.5. The lowest BCUT2D eigenvalue weighted by molar-refractivity contribution is 0.306. The highest BCUT2D eigenvalue weighted by Crippen LogP contribution is 2.27. The Balaban J connectivity index is 2.55. The first kappa shape index (κ1) is 16.7. The van der Waals surface area contributed by atoms with Gasteiger partial charge in [0.1, 0.15) is 11.6 Å². The Labute approximate surface area is 131 Å². The first-order chi connectivity index (χ1) is 10.4. The van der Waals surface area contributed by atoms with Gasteiger partial charge < -0.3 is 5.11 Å². The van der Waals surface area contributed by atoms with Crippen molar-refractivity contribution in [2.45, 2.75) is 4.90 Å². The summed E-state index contributed by atoms with van der Waals surface area (Å²) in [6.45, 7) is -0.909. The fourth-order valence-electron chi connectivity index (χ4n) is 1.90. The molecule has 0 bridgehead atoms. The predicted octanol–water partition coefficient (Wildman–Crippen LogP) is 2.81. The van der Waals surface area contributed by atoms with Crippen LogP contribution < -0.4 is 4.31 Å². The molecule has 0 aliphatic rings. The van der Waals surface area contributed by atoms with Gasteiger partial charge >= 0.3 is 0 Å². The van der Waals surface area contributed by atoms with Gasteiger partial charge in [-0.2, -0.15) is 0 Å². The van der Waals surface area contributed by atoms with Gasteiger partial charge in [0.05, 0.1) is 23.7 Å². The van der Waals surface area contributed by atoms with Gasteiger partial charge in [0.25, 0.3) is 10.0 Å². The zero-order valence-electron chi connectivity index (χ0n) is 11.2. The fourth-order valence-corrected chi connectivity index (χ4v) is 3.66. The second-order valence-electron chi connectivity index (χ2n) is 4.35. The second-order valence-corrected chi connectivity index (χ2v) is 6.65. The summed E-state index contributed by atoms with van der Waals surface area (Å²) in [5.41, 5.74) is -0.351. The molecule has 0 spiro atoms. The van der Waals surface area contributed by atoms with E-state index < -0.39 is 28.3 Å². The summed E-state index contributed by atoms with van der Waals surface area (Å²) in [7, 11) is -4.15. The molecule has 0 amide bonds. The molecule has 0 aromatic heterocycles. The molecule has 0 unspecified atom stereocenters. The largest absolute Gasteiger partial charge is 0.394 e. The minimum Gasteiger partial charge on any atom is -0.394 e. The fraction of sp³-hybridized carbons (Fsp3) is 0.143. The summed E-state index contributed by atoms with van der Waals surface area (Å²) in [5, 5.41) is 9.28. The molecule has 118 valence electrons. The van der Waals surface area contributed by atoms with E-state index in [1.165, 1.54) is 24.3 Å². The maximum Gasteiger partial charge on any atom is 0.264 e.